The number of primary amides is 1. The van der Waals surface area contributed by atoms with Crippen molar-refractivity contribution in [2.45, 2.75) is 18.9 Å². The first-order chi connectivity index (χ1) is 6.09. The highest BCUT2D eigenvalue weighted by Gasteiger charge is 2.17. The number of carbonyl (C=O) groups excluding carboxylic acids is 1. The molecule has 1 aliphatic rings. The van der Waals surface area contributed by atoms with Crippen LogP contribution in [0, 0.1) is 0 Å². The van der Waals surface area contributed by atoms with Crippen LogP contribution in [-0.2, 0) is 4.79 Å². The molecule has 0 aromatic heterocycles. The number of amides is 1. The number of hydrogen-bond donors (Lipinski definition) is 2. The standard InChI is InChI=1S/C9H17N3O/c1-7-2-4-12(5-3-7)6-8(10)9(11)13/h8H,1-6,10H2,(H2,11,13). The summed E-state index contributed by atoms with van der Waals surface area (Å²) in [5.41, 5.74) is 11.9. The average Bonchev–Trinajstić information content (AvgIpc) is 2.08. The average molecular weight is 183 g/mol. The third-order valence-corrected chi connectivity index (χ3v) is 2.38. The van der Waals surface area contributed by atoms with Gasteiger partial charge < -0.3 is 16.4 Å². The molecule has 1 aliphatic heterocycles. The summed E-state index contributed by atoms with van der Waals surface area (Å²) < 4.78 is 0. The van der Waals surface area contributed by atoms with Crippen molar-refractivity contribution in [3.63, 3.8) is 0 Å². The molecule has 0 radical (unpaired) electrons. The molecule has 4 nitrogen and oxygen atoms in total. The summed E-state index contributed by atoms with van der Waals surface area (Å²) >= 11 is 0. The molecular formula is C9H17N3O. The van der Waals surface area contributed by atoms with Crippen molar-refractivity contribution in [2.75, 3.05) is 19.6 Å². The van der Waals surface area contributed by atoms with Gasteiger partial charge in [0.1, 0.15) is 0 Å². The molecule has 4 N–H and O–H groups in total. The summed E-state index contributed by atoms with van der Waals surface area (Å²) in [7, 11) is 0. The van der Waals surface area contributed by atoms with Gasteiger partial charge in [-0.15, -0.1) is 0 Å². The molecule has 0 aliphatic carbocycles. The lowest BCUT2D eigenvalue weighted by Gasteiger charge is -2.29. The number of nitrogens with two attached hydrogens (primary N) is 2. The van der Waals surface area contributed by atoms with E-state index in [9.17, 15) is 4.79 Å². The van der Waals surface area contributed by atoms with E-state index in [1.807, 2.05) is 0 Å². The van der Waals surface area contributed by atoms with Crippen LogP contribution in [0.2, 0.25) is 0 Å². The lowest BCUT2D eigenvalue weighted by molar-refractivity contribution is -0.119. The molecule has 1 amide bonds. The van der Waals surface area contributed by atoms with Crippen molar-refractivity contribution in [2.24, 2.45) is 11.5 Å². The molecule has 1 unspecified atom stereocenters. The van der Waals surface area contributed by atoms with Crippen LogP contribution in [-0.4, -0.2) is 36.5 Å². The third kappa shape index (κ3) is 3.16. The smallest absolute Gasteiger partial charge is 0.235 e. The second kappa shape index (κ2) is 4.39. The van der Waals surface area contributed by atoms with Crippen LogP contribution in [0.4, 0.5) is 0 Å². The van der Waals surface area contributed by atoms with Crippen LogP contribution in [0.3, 0.4) is 0 Å². The molecule has 0 aromatic carbocycles. The summed E-state index contributed by atoms with van der Waals surface area (Å²) in [6.45, 7) is 6.37. The van der Waals surface area contributed by atoms with Crippen molar-refractivity contribution < 1.29 is 4.79 Å². The number of nitrogens with zero attached hydrogens (tertiary/aromatic N) is 1. The Morgan fingerprint density at radius 1 is 1.54 bits per heavy atom. The van der Waals surface area contributed by atoms with Crippen LogP contribution in [0.5, 0.6) is 0 Å². The van der Waals surface area contributed by atoms with Gasteiger partial charge in [-0.25, -0.2) is 0 Å². The predicted octanol–water partition coefficient (Wildman–Crippen LogP) is -0.549. The van der Waals surface area contributed by atoms with Gasteiger partial charge in [-0.05, 0) is 12.8 Å². The largest absolute Gasteiger partial charge is 0.368 e. The van der Waals surface area contributed by atoms with Gasteiger partial charge in [-0.3, -0.25) is 4.79 Å². The van der Waals surface area contributed by atoms with Gasteiger partial charge >= 0.3 is 0 Å². The van der Waals surface area contributed by atoms with E-state index in [0.717, 1.165) is 25.9 Å². The molecule has 1 atom stereocenters. The van der Waals surface area contributed by atoms with E-state index in [1.54, 1.807) is 0 Å². The van der Waals surface area contributed by atoms with Crippen LogP contribution in [0.25, 0.3) is 0 Å². The predicted molar refractivity (Wildman–Crippen MR) is 52.0 cm³/mol. The van der Waals surface area contributed by atoms with Gasteiger partial charge in [0.2, 0.25) is 5.91 Å². The fraction of sp³-hybridized carbons (Fsp3) is 0.667. The first kappa shape index (κ1) is 10.2. The Kier molecular flexibility index (Phi) is 3.45. The molecule has 1 fully saturated rings. The highest BCUT2D eigenvalue weighted by molar-refractivity contribution is 5.79. The van der Waals surface area contributed by atoms with Gasteiger partial charge in [-0.1, -0.05) is 12.2 Å². The maximum absolute atomic E-state index is 10.7. The Hall–Kier alpha value is -0.870. The quantitative estimate of drug-likeness (QED) is 0.577. The zero-order valence-corrected chi connectivity index (χ0v) is 7.83. The summed E-state index contributed by atoms with van der Waals surface area (Å²) in [6, 6.07) is -0.536. The van der Waals surface area contributed by atoms with E-state index in [2.05, 4.69) is 11.5 Å². The number of hydrogen-bond acceptors (Lipinski definition) is 3. The molecule has 0 saturated carbocycles. The van der Waals surface area contributed by atoms with Crippen molar-refractivity contribution in [3.05, 3.63) is 12.2 Å². The third-order valence-electron chi connectivity index (χ3n) is 2.38. The lowest BCUT2D eigenvalue weighted by Crippen LogP contribution is -2.47. The second-order valence-corrected chi connectivity index (χ2v) is 3.56. The molecule has 0 aromatic rings. The summed E-state index contributed by atoms with van der Waals surface area (Å²) in [5, 5.41) is 0. The van der Waals surface area contributed by atoms with Gasteiger partial charge in [-0.2, -0.15) is 0 Å². The minimum absolute atomic E-state index is 0.426. The van der Waals surface area contributed by atoms with Gasteiger partial charge in [0.25, 0.3) is 0 Å². The fourth-order valence-corrected chi connectivity index (χ4v) is 1.42. The van der Waals surface area contributed by atoms with Crippen LogP contribution in [0.1, 0.15) is 12.8 Å². The molecule has 13 heavy (non-hydrogen) atoms. The van der Waals surface area contributed by atoms with Crippen LogP contribution < -0.4 is 11.5 Å². The Labute approximate surface area is 78.6 Å². The number of rotatable bonds is 3. The van der Waals surface area contributed by atoms with Crippen LogP contribution >= 0.6 is 0 Å². The van der Waals surface area contributed by atoms with E-state index in [0.29, 0.717) is 6.54 Å². The summed E-state index contributed by atoms with van der Waals surface area (Å²) in [4.78, 5) is 12.8. The Bertz CT molecular complexity index is 205. The van der Waals surface area contributed by atoms with E-state index in [1.165, 1.54) is 5.57 Å². The van der Waals surface area contributed by atoms with Gasteiger partial charge in [0.05, 0.1) is 6.04 Å². The van der Waals surface area contributed by atoms with E-state index < -0.39 is 11.9 Å². The van der Waals surface area contributed by atoms with Crippen molar-refractivity contribution in [3.8, 4) is 0 Å². The topological polar surface area (TPSA) is 72.3 Å². The Morgan fingerprint density at radius 3 is 2.54 bits per heavy atom. The fourth-order valence-electron chi connectivity index (χ4n) is 1.42. The van der Waals surface area contributed by atoms with Gasteiger partial charge in [0, 0.05) is 19.6 Å². The number of piperidine rings is 1. The molecule has 0 spiro atoms. The zero-order valence-electron chi connectivity index (χ0n) is 7.83. The molecule has 1 heterocycles. The minimum Gasteiger partial charge on any atom is -0.368 e. The van der Waals surface area contributed by atoms with Crippen molar-refractivity contribution in [1.29, 1.82) is 0 Å². The second-order valence-electron chi connectivity index (χ2n) is 3.56. The maximum Gasteiger partial charge on any atom is 0.235 e. The number of likely N-dealkylation sites (tertiary alicyclic amines) is 1. The molecule has 0 bridgehead atoms. The first-order valence-electron chi connectivity index (χ1n) is 4.53. The maximum atomic E-state index is 10.7. The molecule has 1 rings (SSSR count). The van der Waals surface area contributed by atoms with Crippen molar-refractivity contribution in [1.82, 2.24) is 4.90 Å². The molecular weight excluding hydrogens is 166 g/mol. The Balaban J connectivity index is 2.30. The monoisotopic (exact) mass is 183 g/mol. The van der Waals surface area contributed by atoms with Crippen molar-refractivity contribution >= 4 is 5.91 Å². The SMILES string of the molecule is C=C1CCN(CC(N)C(N)=O)CC1. The number of carbonyl (C=O) groups is 1. The van der Waals surface area contributed by atoms with E-state index in [-0.39, 0.29) is 0 Å². The molecule has 74 valence electrons. The highest BCUT2D eigenvalue weighted by Crippen LogP contribution is 2.13. The van der Waals surface area contributed by atoms with Crippen LogP contribution in [0.15, 0.2) is 12.2 Å². The minimum atomic E-state index is -0.536. The Morgan fingerprint density at radius 2 is 2.08 bits per heavy atom. The van der Waals surface area contributed by atoms with E-state index in [4.69, 9.17) is 11.5 Å². The highest BCUT2D eigenvalue weighted by atomic mass is 16.1. The first-order valence-corrected chi connectivity index (χ1v) is 4.53. The summed E-state index contributed by atoms with van der Waals surface area (Å²) in [6.07, 6.45) is 2.01. The zero-order chi connectivity index (χ0) is 9.84. The lowest BCUT2D eigenvalue weighted by atomic mass is 10.1. The van der Waals surface area contributed by atoms with E-state index >= 15 is 0 Å². The summed E-state index contributed by atoms with van der Waals surface area (Å²) in [5.74, 6) is -0.426. The molecule has 1 saturated heterocycles. The normalized spacial score (nSPS) is 21.5. The van der Waals surface area contributed by atoms with Gasteiger partial charge in [0.15, 0.2) is 0 Å². The molecule has 4 heteroatoms.